The minimum absolute atomic E-state index is 0.00864. The van der Waals surface area contributed by atoms with Gasteiger partial charge in [0.2, 0.25) is 5.75 Å². The van der Waals surface area contributed by atoms with E-state index in [-0.39, 0.29) is 5.75 Å². The van der Waals surface area contributed by atoms with Crippen LogP contribution in [0.15, 0.2) is 34.6 Å². The number of rotatable bonds is 6. The average Bonchev–Trinajstić information content (AvgIpc) is 3.27. The summed E-state index contributed by atoms with van der Waals surface area (Å²) in [5, 5.41) is 16.9. The maximum Gasteiger partial charge on any atom is 0.200 e. The van der Waals surface area contributed by atoms with Crippen molar-refractivity contribution in [1.82, 2.24) is 10.2 Å². The molecule has 0 saturated carbocycles. The van der Waals surface area contributed by atoms with Gasteiger partial charge in [-0.15, -0.1) is 11.3 Å². The molecule has 2 N–H and O–H groups in total. The van der Waals surface area contributed by atoms with Crippen LogP contribution in [0.5, 0.6) is 17.2 Å². The van der Waals surface area contributed by atoms with Crippen LogP contribution in [-0.2, 0) is 6.54 Å². The second-order valence-electron chi connectivity index (χ2n) is 6.44. The Balaban J connectivity index is 1.70. The number of phenolic OH excluding ortho intramolecular Hbond substituents is 1. The minimum atomic E-state index is 0.00864. The molecule has 2 aromatic rings. The molecule has 3 rings (SSSR count). The maximum atomic E-state index is 10.1. The van der Waals surface area contributed by atoms with Gasteiger partial charge in [0.15, 0.2) is 17.5 Å². The molecule has 28 heavy (non-hydrogen) atoms. The number of methoxy groups -OCH3 is 2. The summed E-state index contributed by atoms with van der Waals surface area (Å²) < 4.78 is 10.5. The van der Waals surface area contributed by atoms with Crippen molar-refractivity contribution in [3.63, 3.8) is 0 Å². The molecule has 0 atom stereocenters. The van der Waals surface area contributed by atoms with Crippen molar-refractivity contribution in [2.45, 2.75) is 13.5 Å². The SMILES string of the molecule is CCNC(=NCc1cc(OC)c(O)c(OC)c1)N1CCN(c2cccs2)CC1. The van der Waals surface area contributed by atoms with Crippen LogP contribution in [-0.4, -0.2) is 62.9 Å². The third-order valence-corrected chi connectivity index (χ3v) is 5.61. The highest BCUT2D eigenvalue weighted by molar-refractivity contribution is 7.14. The summed E-state index contributed by atoms with van der Waals surface area (Å²) in [7, 11) is 3.05. The Morgan fingerprint density at radius 3 is 2.39 bits per heavy atom. The molecule has 0 radical (unpaired) electrons. The van der Waals surface area contributed by atoms with Crippen molar-refractivity contribution < 1.29 is 14.6 Å². The predicted octanol–water partition coefficient (Wildman–Crippen LogP) is 2.76. The third-order valence-electron chi connectivity index (χ3n) is 4.68. The molecule has 0 bridgehead atoms. The molecule has 7 nitrogen and oxygen atoms in total. The Morgan fingerprint density at radius 1 is 1.18 bits per heavy atom. The zero-order valence-electron chi connectivity index (χ0n) is 16.6. The fraction of sp³-hybridized carbons (Fsp3) is 0.450. The summed E-state index contributed by atoms with van der Waals surface area (Å²) >= 11 is 1.78. The summed E-state index contributed by atoms with van der Waals surface area (Å²) in [6.07, 6.45) is 0. The second kappa shape index (κ2) is 9.54. The van der Waals surface area contributed by atoms with E-state index in [0.29, 0.717) is 18.0 Å². The van der Waals surface area contributed by atoms with E-state index in [0.717, 1.165) is 44.2 Å². The van der Waals surface area contributed by atoms with Crippen LogP contribution in [0, 0.1) is 0 Å². The lowest BCUT2D eigenvalue weighted by Crippen LogP contribution is -2.52. The van der Waals surface area contributed by atoms with Crippen LogP contribution in [0.2, 0.25) is 0 Å². The maximum absolute atomic E-state index is 10.1. The van der Waals surface area contributed by atoms with Crippen molar-refractivity contribution in [3.8, 4) is 17.2 Å². The van der Waals surface area contributed by atoms with Crippen molar-refractivity contribution in [1.29, 1.82) is 0 Å². The fourth-order valence-electron chi connectivity index (χ4n) is 3.22. The molecule has 0 unspecified atom stereocenters. The Bertz CT molecular complexity index is 762. The summed E-state index contributed by atoms with van der Waals surface area (Å²) in [4.78, 5) is 9.51. The quantitative estimate of drug-likeness (QED) is 0.570. The average molecular weight is 405 g/mol. The summed E-state index contributed by atoms with van der Waals surface area (Å²) in [5.41, 5.74) is 0.916. The topological polar surface area (TPSA) is 69.6 Å². The van der Waals surface area contributed by atoms with Crippen molar-refractivity contribution in [2.24, 2.45) is 4.99 Å². The Hall–Kier alpha value is -2.61. The lowest BCUT2D eigenvalue weighted by atomic mass is 10.2. The number of piperazine rings is 1. The van der Waals surface area contributed by atoms with Gasteiger partial charge < -0.3 is 29.7 Å². The standard InChI is InChI=1S/C20H28N4O3S/c1-4-21-20(24-9-7-23(8-10-24)18-6-5-11-28-18)22-14-15-12-16(26-2)19(25)17(13-15)27-3/h5-6,11-13,25H,4,7-10,14H2,1-3H3,(H,21,22). The van der Waals surface area contributed by atoms with Gasteiger partial charge in [-0.3, -0.25) is 0 Å². The fourth-order valence-corrected chi connectivity index (χ4v) is 4.00. The first kappa shape index (κ1) is 20.1. The molecule has 1 aliphatic heterocycles. The van der Waals surface area contributed by atoms with Gasteiger partial charge in [0, 0.05) is 32.7 Å². The summed E-state index contributed by atoms with van der Waals surface area (Å²) in [6, 6.07) is 7.85. The number of benzene rings is 1. The molecule has 8 heteroatoms. The number of hydrogen-bond acceptors (Lipinski definition) is 6. The highest BCUT2D eigenvalue weighted by atomic mass is 32.1. The molecular weight excluding hydrogens is 376 g/mol. The van der Waals surface area contributed by atoms with Gasteiger partial charge in [-0.25, -0.2) is 4.99 Å². The number of thiophene rings is 1. The van der Waals surface area contributed by atoms with Crippen LogP contribution in [0.25, 0.3) is 0 Å². The van der Waals surface area contributed by atoms with Gasteiger partial charge in [-0.05, 0) is 42.1 Å². The van der Waals surface area contributed by atoms with E-state index in [9.17, 15) is 5.11 Å². The van der Waals surface area contributed by atoms with Gasteiger partial charge in [-0.1, -0.05) is 0 Å². The molecule has 1 aromatic carbocycles. The molecule has 1 aliphatic rings. The van der Waals surface area contributed by atoms with Gasteiger partial charge in [0.25, 0.3) is 0 Å². The molecule has 1 fully saturated rings. The Kier molecular flexibility index (Phi) is 6.86. The zero-order chi connectivity index (χ0) is 19.9. The molecule has 0 spiro atoms. The number of nitrogens with one attached hydrogen (secondary N) is 1. The lowest BCUT2D eigenvalue weighted by molar-refractivity contribution is 0.339. The van der Waals surface area contributed by atoms with E-state index in [4.69, 9.17) is 14.5 Å². The smallest absolute Gasteiger partial charge is 0.200 e. The van der Waals surface area contributed by atoms with Crippen LogP contribution >= 0.6 is 11.3 Å². The lowest BCUT2D eigenvalue weighted by Gasteiger charge is -2.37. The number of phenols is 1. The first-order valence-electron chi connectivity index (χ1n) is 9.41. The van der Waals surface area contributed by atoms with E-state index in [1.807, 2.05) is 0 Å². The number of aliphatic imine (C=N–C) groups is 1. The first-order chi connectivity index (χ1) is 13.7. The first-order valence-corrected chi connectivity index (χ1v) is 10.3. The van der Waals surface area contributed by atoms with E-state index in [1.54, 1.807) is 23.5 Å². The highest BCUT2D eigenvalue weighted by Crippen LogP contribution is 2.37. The van der Waals surface area contributed by atoms with Gasteiger partial charge >= 0.3 is 0 Å². The van der Waals surface area contributed by atoms with E-state index >= 15 is 0 Å². The Labute approximate surface area is 170 Å². The van der Waals surface area contributed by atoms with Crippen molar-refractivity contribution in [2.75, 3.05) is 51.8 Å². The van der Waals surface area contributed by atoms with Gasteiger partial charge in [0.1, 0.15) is 0 Å². The number of aromatic hydroxyl groups is 1. The van der Waals surface area contributed by atoms with Crippen LogP contribution in [0.3, 0.4) is 0 Å². The number of anilines is 1. The van der Waals surface area contributed by atoms with Crippen LogP contribution in [0.4, 0.5) is 5.00 Å². The molecule has 1 saturated heterocycles. The van der Waals surface area contributed by atoms with E-state index in [1.165, 1.54) is 19.2 Å². The Morgan fingerprint density at radius 2 is 1.86 bits per heavy atom. The highest BCUT2D eigenvalue weighted by Gasteiger charge is 2.20. The van der Waals surface area contributed by atoms with E-state index in [2.05, 4.69) is 39.6 Å². The molecule has 0 amide bonds. The van der Waals surface area contributed by atoms with Gasteiger partial charge in [-0.2, -0.15) is 0 Å². The second-order valence-corrected chi connectivity index (χ2v) is 7.37. The number of guanidine groups is 1. The van der Waals surface area contributed by atoms with Crippen molar-refractivity contribution in [3.05, 3.63) is 35.2 Å². The van der Waals surface area contributed by atoms with E-state index < -0.39 is 0 Å². The van der Waals surface area contributed by atoms with Gasteiger partial charge in [0.05, 0.1) is 25.8 Å². The largest absolute Gasteiger partial charge is 0.502 e. The number of ether oxygens (including phenoxy) is 2. The molecule has 0 aliphatic carbocycles. The normalized spacial score (nSPS) is 14.9. The molecule has 152 valence electrons. The summed E-state index contributed by atoms with van der Waals surface area (Å²) in [5.74, 6) is 1.69. The molecule has 1 aromatic heterocycles. The third kappa shape index (κ3) is 4.62. The number of nitrogens with zero attached hydrogens (tertiary/aromatic N) is 3. The van der Waals surface area contributed by atoms with Crippen LogP contribution in [0.1, 0.15) is 12.5 Å². The predicted molar refractivity (Wildman–Crippen MR) is 114 cm³/mol. The van der Waals surface area contributed by atoms with Crippen molar-refractivity contribution >= 4 is 22.3 Å². The molecule has 2 heterocycles. The molecular formula is C20H28N4O3S. The summed E-state index contributed by atoms with van der Waals surface area (Å²) in [6.45, 7) is 7.16. The number of hydrogen-bond donors (Lipinski definition) is 2. The van der Waals surface area contributed by atoms with Crippen LogP contribution < -0.4 is 19.7 Å². The zero-order valence-corrected chi connectivity index (χ0v) is 17.5. The minimum Gasteiger partial charge on any atom is -0.502 e. The monoisotopic (exact) mass is 404 g/mol.